The molecule has 0 aromatic carbocycles. The van der Waals surface area contributed by atoms with Gasteiger partial charge in [0.05, 0.1) is 37.9 Å². The van der Waals surface area contributed by atoms with Gasteiger partial charge in [-0.1, -0.05) is 138 Å². The molecule has 7 fully saturated rings. The third kappa shape index (κ3) is 32.0. The van der Waals surface area contributed by atoms with Crippen molar-refractivity contribution in [2.24, 2.45) is 60.6 Å². The predicted octanol–water partition coefficient (Wildman–Crippen LogP) is 28.8. The van der Waals surface area contributed by atoms with E-state index in [1.54, 1.807) is 0 Å². The van der Waals surface area contributed by atoms with Crippen LogP contribution in [-0.4, -0.2) is 81.0 Å². The first kappa shape index (κ1) is 108. The van der Waals surface area contributed by atoms with Gasteiger partial charge < -0.3 is 33.2 Å². The second-order valence-corrected chi connectivity index (χ2v) is 43.6. The van der Waals surface area contributed by atoms with Crippen molar-refractivity contribution in [2.75, 3.05) is 0 Å². The maximum absolute atomic E-state index is 12.4. The second-order valence-electron chi connectivity index (χ2n) is 43.6. The largest absolute Gasteiger partial charge is 0.459 e. The van der Waals surface area contributed by atoms with Crippen molar-refractivity contribution in [3.63, 3.8) is 0 Å². The maximum Gasteiger partial charge on any atom is 0.312 e. The van der Waals surface area contributed by atoms with Crippen molar-refractivity contribution in [1.82, 2.24) is 0 Å². The highest BCUT2D eigenvalue weighted by Gasteiger charge is 2.53. The summed E-state index contributed by atoms with van der Waals surface area (Å²) in [6.45, 7) is 70.3. The molecule has 7 saturated carbocycles. The first-order valence-corrected chi connectivity index (χ1v) is 47.0. The average Bonchev–Trinajstić information content (AvgIpc) is 1.56. The molecule has 0 aromatic heterocycles. The third-order valence-corrected chi connectivity index (χ3v) is 29.6. The zero-order valence-electron chi connectivity index (χ0n) is 81.4. The molecule has 0 aliphatic heterocycles. The van der Waals surface area contributed by atoms with Crippen LogP contribution in [-0.2, 0) is 66.7 Å². The van der Waals surface area contributed by atoms with E-state index in [4.69, 9.17) is 33.2 Å². The Balaban J connectivity index is 0.000000666. The molecule has 0 bridgehead atoms. The average molecular weight is 1610 g/mol. The summed E-state index contributed by atoms with van der Waals surface area (Å²) in [5.74, 6) is 0.867. The quantitative estimate of drug-likeness (QED) is 0.0489. The zero-order chi connectivity index (χ0) is 88.1. The standard InChI is InChI=1S/C16H30O2.3C15H28O2.C14H26O2.C13H24O2.C12H22O2/c1-7-14(3,4)13(17)18-16(11-9-10-12-16)15(5,6)8-2;1-7-14(5,6)12(16)17-15(13(2,3)4)10-8-9-11-15;1-6-14(4,5)13(16)17-15(11-12(2)3)9-7-8-10-15;1-5-7-10-15(11-8-9-12-15)17-13(16)14(3,4)6-2;1-6-13(4,5)12(15)16-14(11(2)3)9-7-8-10-14;1-5-12(3,4)11(14)15-13(6-2)9-7-8-10-13;1-5-11(2,3)10(13)14-12(4)8-6-7-9-12/h7-12H2,1-6H3;7-11H2,1-6H3;12H,6-11H2,1-5H3;5-12H2,1-4H3;11H,6-10H2,1-5H3;5-10H2,1-4H3;5-9H2,1-4H3. The molecule has 14 nitrogen and oxygen atoms in total. The van der Waals surface area contributed by atoms with E-state index < -0.39 is 0 Å². The van der Waals surface area contributed by atoms with Gasteiger partial charge in [0.1, 0.15) is 39.2 Å². The SMILES string of the molecule is CCC(C)(C)C(=O)OC1(C(C)(C)C)CCCC1.CCC(C)(C)C(=O)OC1(C(C)(C)CC)CCCC1.CCC(C)(C)C(=O)OC1(C(C)C)CCCC1.CCC(C)(C)C(=O)OC1(C)CCCC1.CCC(C)(C)C(=O)OC1(CC(C)C)CCCC1.CCC1(OC(=O)C(C)(C)CC)CCCC1.CCCCC1(OC(=O)C(C)(C)CC)CCCC1. The van der Waals surface area contributed by atoms with Crippen LogP contribution in [0.25, 0.3) is 0 Å². The Kier molecular flexibility index (Phi) is 43.5. The molecule has 0 N–H and O–H groups in total. The summed E-state index contributed by atoms with van der Waals surface area (Å²) in [7, 11) is 0. The molecule has 0 radical (unpaired) electrons. The maximum atomic E-state index is 12.4. The van der Waals surface area contributed by atoms with Gasteiger partial charge in [-0.15, -0.1) is 0 Å². The Labute approximate surface area is 703 Å². The van der Waals surface area contributed by atoms with Crippen LogP contribution in [0.15, 0.2) is 0 Å². The molecule has 0 heterocycles. The Morgan fingerprint density at radius 2 is 0.544 bits per heavy atom. The summed E-state index contributed by atoms with van der Waals surface area (Å²) in [6.07, 6.45) is 43.5. The van der Waals surface area contributed by atoms with Gasteiger partial charge in [-0.05, 0) is 373 Å². The molecule has 7 aliphatic rings. The number of hydrogen-bond donors (Lipinski definition) is 0. The van der Waals surface area contributed by atoms with Crippen LogP contribution in [0.1, 0.15) is 499 Å². The van der Waals surface area contributed by atoms with Crippen LogP contribution < -0.4 is 0 Å². The van der Waals surface area contributed by atoms with E-state index >= 15 is 0 Å². The van der Waals surface area contributed by atoms with Crippen LogP contribution in [0.4, 0.5) is 0 Å². The van der Waals surface area contributed by atoms with Crippen molar-refractivity contribution >= 4 is 41.8 Å². The van der Waals surface area contributed by atoms with E-state index in [0.29, 0.717) is 11.8 Å². The number of hydrogen-bond acceptors (Lipinski definition) is 14. The molecule has 0 saturated heterocycles. The molecule has 0 atom stereocenters. The highest BCUT2D eigenvalue weighted by atomic mass is 16.6. The third-order valence-electron chi connectivity index (χ3n) is 29.6. The number of esters is 7. The summed E-state index contributed by atoms with van der Waals surface area (Å²) in [6, 6.07) is 0. The van der Waals surface area contributed by atoms with Crippen LogP contribution in [0, 0.1) is 60.6 Å². The fraction of sp³-hybridized carbons (Fsp3) is 0.930. The summed E-state index contributed by atoms with van der Waals surface area (Å²) in [5.41, 5.74) is -3.53. The van der Waals surface area contributed by atoms with Crippen LogP contribution in [0.2, 0.25) is 0 Å². The highest BCUT2D eigenvalue weighted by molar-refractivity contribution is 5.79. The van der Waals surface area contributed by atoms with Gasteiger partial charge in [0.15, 0.2) is 0 Å². The first-order chi connectivity index (χ1) is 52.3. The number of carbonyl (C=O) groups is 7. The molecule has 7 rings (SSSR count). The van der Waals surface area contributed by atoms with Gasteiger partial charge in [0.25, 0.3) is 0 Å². The Hall–Kier alpha value is -3.71. The van der Waals surface area contributed by atoms with Gasteiger partial charge >= 0.3 is 41.8 Å². The Morgan fingerprint density at radius 1 is 0.289 bits per heavy atom. The van der Waals surface area contributed by atoms with Crippen molar-refractivity contribution in [3.05, 3.63) is 0 Å². The van der Waals surface area contributed by atoms with Crippen LogP contribution in [0.5, 0.6) is 0 Å². The lowest BCUT2D eigenvalue weighted by Gasteiger charge is -2.44. The van der Waals surface area contributed by atoms with Crippen LogP contribution >= 0.6 is 0 Å². The van der Waals surface area contributed by atoms with Gasteiger partial charge in [0, 0.05) is 10.8 Å². The molecular weight excluding hydrogens is 1430 g/mol. The molecular formula is C100H186O14. The minimum Gasteiger partial charge on any atom is -0.459 e. The number of rotatable bonds is 30. The van der Waals surface area contributed by atoms with Crippen molar-refractivity contribution < 1.29 is 66.7 Å². The number of unbranched alkanes of at least 4 members (excludes halogenated alkanes) is 1. The summed E-state index contributed by atoms with van der Waals surface area (Å²) >= 11 is 0. The van der Waals surface area contributed by atoms with Gasteiger partial charge in [-0.2, -0.15) is 0 Å². The van der Waals surface area contributed by atoms with Gasteiger partial charge in [0.2, 0.25) is 0 Å². The minimum atomic E-state index is -0.362. The smallest absolute Gasteiger partial charge is 0.312 e. The Morgan fingerprint density at radius 3 is 0.842 bits per heavy atom. The van der Waals surface area contributed by atoms with E-state index in [1.165, 1.54) is 103 Å². The summed E-state index contributed by atoms with van der Waals surface area (Å²) in [4.78, 5) is 85.1. The lowest BCUT2D eigenvalue weighted by molar-refractivity contribution is -0.185. The zero-order valence-corrected chi connectivity index (χ0v) is 81.4. The molecule has 670 valence electrons. The lowest BCUT2D eigenvalue weighted by atomic mass is 9.71. The fourth-order valence-corrected chi connectivity index (χ4v) is 16.0. The van der Waals surface area contributed by atoms with E-state index in [1.807, 2.05) is 138 Å². The number of carbonyl (C=O) groups excluding carboxylic acids is 7. The van der Waals surface area contributed by atoms with Crippen LogP contribution in [0.3, 0.4) is 0 Å². The highest BCUT2D eigenvalue weighted by Crippen LogP contribution is 2.52. The van der Waals surface area contributed by atoms with E-state index in [0.717, 1.165) is 161 Å². The lowest BCUT2D eigenvalue weighted by Crippen LogP contribution is -2.48. The number of ether oxygens (including phenoxy) is 7. The van der Waals surface area contributed by atoms with Crippen molar-refractivity contribution in [1.29, 1.82) is 0 Å². The molecule has 114 heavy (non-hydrogen) atoms. The predicted molar refractivity (Wildman–Crippen MR) is 473 cm³/mol. The summed E-state index contributed by atoms with van der Waals surface area (Å²) < 4.78 is 41.2. The Bertz CT molecular complexity index is 2840. The van der Waals surface area contributed by atoms with E-state index in [2.05, 4.69) is 96.9 Å². The molecule has 0 spiro atoms. The van der Waals surface area contributed by atoms with Gasteiger partial charge in [-0.3, -0.25) is 33.6 Å². The van der Waals surface area contributed by atoms with Gasteiger partial charge in [-0.25, -0.2) is 0 Å². The monoisotopic (exact) mass is 1610 g/mol. The molecule has 0 aromatic rings. The summed E-state index contributed by atoms with van der Waals surface area (Å²) in [5, 5.41) is 0. The molecule has 0 amide bonds. The molecule has 14 heteroatoms. The minimum absolute atomic E-state index is 0.00185. The molecule has 0 unspecified atom stereocenters. The topological polar surface area (TPSA) is 184 Å². The first-order valence-electron chi connectivity index (χ1n) is 47.0. The van der Waals surface area contributed by atoms with E-state index in [-0.39, 0.29) is 130 Å². The fourth-order valence-electron chi connectivity index (χ4n) is 16.0. The van der Waals surface area contributed by atoms with E-state index in [9.17, 15) is 33.6 Å². The normalized spacial score (nSPS) is 20.0. The van der Waals surface area contributed by atoms with Crippen molar-refractivity contribution in [2.45, 2.75) is 538 Å². The second kappa shape index (κ2) is 45.8. The van der Waals surface area contributed by atoms with Crippen molar-refractivity contribution in [3.8, 4) is 0 Å². The molecule has 7 aliphatic carbocycles.